The Balaban J connectivity index is 1.94. The van der Waals surface area contributed by atoms with Gasteiger partial charge in [-0.2, -0.15) is 0 Å². The summed E-state index contributed by atoms with van der Waals surface area (Å²) in [6, 6.07) is 0.639. The summed E-state index contributed by atoms with van der Waals surface area (Å²) in [6.45, 7) is 1.99. The van der Waals surface area contributed by atoms with Crippen LogP contribution in [0.4, 0.5) is 0 Å². The maximum absolute atomic E-state index is 11.4. The molecule has 0 aromatic rings. The molecule has 0 aliphatic heterocycles. The molecule has 0 aromatic heterocycles. The van der Waals surface area contributed by atoms with Crippen LogP contribution >= 0.6 is 0 Å². The quantitative estimate of drug-likeness (QED) is 0.641. The topological polar surface area (TPSA) is 50.4 Å². The van der Waals surface area contributed by atoms with Gasteiger partial charge in [0, 0.05) is 32.7 Å². The second kappa shape index (κ2) is 8.53. The fourth-order valence-electron chi connectivity index (χ4n) is 2.08. The predicted octanol–water partition coefficient (Wildman–Crippen LogP) is 1.06. The fraction of sp³-hybridized carbons (Fsp3) is 0.917. The Hall–Kier alpha value is -0.610. The highest BCUT2D eigenvalue weighted by Gasteiger charge is 2.12. The van der Waals surface area contributed by atoms with Crippen LogP contribution in [0.1, 0.15) is 38.5 Å². The summed E-state index contributed by atoms with van der Waals surface area (Å²) in [4.78, 5) is 11.4. The van der Waals surface area contributed by atoms with Crippen LogP contribution in [0.15, 0.2) is 0 Å². The molecule has 0 heterocycles. The van der Waals surface area contributed by atoms with E-state index in [4.69, 9.17) is 4.74 Å². The fourth-order valence-corrected chi connectivity index (χ4v) is 2.08. The van der Waals surface area contributed by atoms with Gasteiger partial charge in [-0.1, -0.05) is 19.3 Å². The van der Waals surface area contributed by atoms with Gasteiger partial charge < -0.3 is 15.4 Å². The number of carbonyl (C=O) groups excluding carboxylic acids is 1. The molecule has 1 saturated carbocycles. The molecular formula is C12H24N2O2. The first-order valence-electron chi connectivity index (χ1n) is 6.32. The van der Waals surface area contributed by atoms with Gasteiger partial charge >= 0.3 is 0 Å². The standard InChI is InChI=1S/C12H24N2O2/c1-16-10-9-14-12(15)7-8-13-11-5-3-2-4-6-11/h11,13H,2-10H2,1H3,(H,14,15). The lowest BCUT2D eigenvalue weighted by Gasteiger charge is -2.22. The molecule has 0 bridgehead atoms. The number of hydrogen-bond acceptors (Lipinski definition) is 3. The van der Waals surface area contributed by atoms with E-state index in [0.29, 0.717) is 25.6 Å². The number of methoxy groups -OCH3 is 1. The van der Waals surface area contributed by atoms with Crippen LogP contribution in [0.25, 0.3) is 0 Å². The molecule has 0 aromatic carbocycles. The van der Waals surface area contributed by atoms with Gasteiger partial charge in [-0.3, -0.25) is 4.79 Å². The van der Waals surface area contributed by atoms with Gasteiger partial charge in [-0.05, 0) is 12.8 Å². The van der Waals surface area contributed by atoms with Gasteiger partial charge in [0.1, 0.15) is 0 Å². The average molecular weight is 228 g/mol. The average Bonchev–Trinajstić information content (AvgIpc) is 2.31. The molecule has 16 heavy (non-hydrogen) atoms. The second-order valence-corrected chi connectivity index (χ2v) is 4.38. The minimum absolute atomic E-state index is 0.111. The van der Waals surface area contributed by atoms with E-state index in [9.17, 15) is 4.79 Å². The van der Waals surface area contributed by atoms with Crippen LogP contribution in [0, 0.1) is 0 Å². The molecule has 1 amide bonds. The van der Waals surface area contributed by atoms with Crippen molar-refractivity contribution in [1.29, 1.82) is 0 Å². The van der Waals surface area contributed by atoms with Crippen molar-refractivity contribution < 1.29 is 9.53 Å². The number of rotatable bonds is 7. The molecule has 1 aliphatic carbocycles. The minimum Gasteiger partial charge on any atom is -0.383 e. The lowest BCUT2D eigenvalue weighted by atomic mass is 9.95. The molecule has 2 N–H and O–H groups in total. The van der Waals surface area contributed by atoms with Crippen molar-refractivity contribution in [3.8, 4) is 0 Å². The normalized spacial score (nSPS) is 17.3. The molecule has 0 unspecified atom stereocenters. The van der Waals surface area contributed by atoms with Crippen LogP contribution in [0.3, 0.4) is 0 Å². The summed E-state index contributed by atoms with van der Waals surface area (Å²) in [5, 5.41) is 6.27. The van der Waals surface area contributed by atoms with E-state index in [-0.39, 0.29) is 5.91 Å². The molecule has 0 saturated heterocycles. The SMILES string of the molecule is COCCNC(=O)CCNC1CCCCC1. The molecule has 0 atom stereocenters. The zero-order chi connectivity index (χ0) is 11.6. The van der Waals surface area contributed by atoms with E-state index < -0.39 is 0 Å². The predicted molar refractivity (Wildman–Crippen MR) is 64.4 cm³/mol. The lowest BCUT2D eigenvalue weighted by Crippen LogP contribution is -2.35. The van der Waals surface area contributed by atoms with Crippen LogP contribution in [-0.4, -0.2) is 38.8 Å². The van der Waals surface area contributed by atoms with Crippen LogP contribution in [0.2, 0.25) is 0 Å². The van der Waals surface area contributed by atoms with Crippen molar-refractivity contribution in [3.63, 3.8) is 0 Å². The smallest absolute Gasteiger partial charge is 0.221 e. The molecule has 1 fully saturated rings. The van der Waals surface area contributed by atoms with Crippen molar-refractivity contribution in [1.82, 2.24) is 10.6 Å². The summed E-state index contributed by atoms with van der Waals surface area (Å²) < 4.78 is 4.86. The van der Waals surface area contributed by atoms with E-state index in [1.54, 1.807) is 7.11 Å². The van der Waals surface area contributed by atoms with Gasteiger partial charge in [-0.25, -0.2) is 0 Å². The third-order valence-corrected chi connectivity index (χ3v) is 3.02. The Kier molecular flexibility index (Phi) is 7.17. The van der Waals surface area contributed by atoms with Crippen molar-refractivity contribution in [2.75, 3.05) is 26.8 Å². The van der Waals surface area contributed by atoms with E-state index in [2.05, 4.69) is 10.6 Å². The van der Waals surface area contributed by atoms with E-state index >= 15 is 0 Å². The lowest BCUT2D eigenvalue weighted by molar-refractivity contribution is -0.121. The van der Waals surface area contributed by atoms with Gasteiger partial charge in [0.2, 0.25) is 5.91 Å². The Labute approximate surface area is 98.1 Å². The zero-order valence-corrected chi connectivity index (χ0v) is 10.3. The summed E-state index contributed by atoms with van der Waals surface area (Å²) in [7, 11) is 1.64. The number of nitrogens with one attached hydrogen (secondary N) is 2. The van der Waals surface area contributed by atoms with Gasteiger partial charge in [0.15, 0.2) is 0 Å². The molecule has 94 valence electrons. The second-order valence-electron chi connectivity index (χ2n) is 4.38. The number of amides is 1. The monoisotopic (exact) mass is 228 g/mol. The van der Waals surface area contributed by atoms with Crippen molar-refractivity contribution in [3.05, 3.63) is 0 Å². The zero-order valence-electron chi connectivity index (χ0n) is 10.3. The Morgan fingerprint density at radius 1 is 1.25 bits per heavy atom. The van der Waals surface area contributed by atoms with E-state index in [0.717, 1.165) is 6.54 Å². The van der Waals surface area contributed by atoms with Gasteiger partial charge in [-0.15, -0.1) is 0 Å². The van der Waals surface area contributed by atoms with Crippen LogP contribution < -0.4 is 10.6 Å². The minimum atomic E-state index is 0.111. The maximum Gasteiger partial charge on any atom is 0.221 e. The summed E-state index contributed by atoms with van der Waals surface area (Å²) >= 11 is 0. The number of hydrogen-bond donors (Lipinski definition) is 2. The van der Waals surface area contributed by atoms with Crippen molar-refractivity contribution in [2.24, 2.45) is 0 Å². The molecule has 1 rings (SSSR count). The number of ether oxygens (including phenoxy) is 1. The van der Waals surface area contributed by atoms with E-state index in [1.165, 1.54) is 32.1 Å². The molecule has 4 heteroatoms. The highest BCUT2D eigenvalue weighted by atomic mass is 16.5. The molecular weight excluding hydrogens is 204 g/mol. The summed E-state index contributed by atoms with van der Waals surface area (Å²) in [5.41, 5.74) is 0. The molecule has 0 spiro atoms. The highest BCUT2D eigenvalue weighted by Crippen LogP contribution is 2.16. The van der Waals surface area contributed by atoms with Crippen LogP contribution in [-0.2, 0) is 9.53 Å². The Morgan fingerprint density at radius 2 is 2.00 bits per heavy atom. The first-order valence-corrected chi connectivity index (χ1v) is 6.32. The largest absolute Gasteiger partial charge is 0.383 e. The van der Waals surface area contributed by atoms with Crippen molar-refractivity contribution in [2.45, 2.75) is 44.6 Å². The van der Waals surface area contributed by atoms with E-state index in [1.807, 2.05) is 0 Å². The summed E-state index contributed by atoms with van der Waals surface area (Å²) in [5.74, 6) is 0.111. The van der Waals surface area contributed by atoms with Gasteiger partial charge in [0.05, 0.1) is 6.61 Å². The third kappa shape index (κ3) is 6.08. The number of carbonyl (C=O) groups is 1. The summed E-state index contributed by atoms with van der Waals surface area (Å²) in [6.07, 6.45) is 7.14. The molecule has 1 aliphatic rings. The highest BCUT2D eigenvalue weighted by molar-refractivity contribution is 5.76. The first-order chi connectivity index (χ1) is 7.83. The van der Waals surface area contributed by atoms with Gasteiger partial charge in [0.25, 0.3) is 0 Å². The Morgan fingerprint density at radius 3 is 2.69 bits per heavy atom. The molecule has 4 nitrogen and oxygen atoms in total. The third-order valence-electron chi connectivity index (χ3n) is 3.02. The maximum atomic E-state index is 11.4. The molecule has 0 radical (unpaired) electrons. The van der Waals surface area contributed by atoms with Crippen molar-refractivity contribution >= 4 is 5.91 Å². The van der Waals surface area contributed by atoms with Crippen LogP contribution in [0.5, 0.6) is 0 Å². The Bertz CT molecular complexity index is 191. The first kappa shape index (κ1) is 13.5.